The fourth-order valence-corrected chi connectivity index (χ4v) is 3.81. The average molecular weight is 251 g/mol. The van der Waals surface area contributed by atoms with Gasteiger partial charge in [-0.25, -0.2) is 0 Å². The van der Waals surface area contributed by atoms with E-state index < -0.39 is 0 Å². The first-order chi connectivity index (χ1) is 8.27. The third-order valence-corrected chi connectivity index (χ3v) is 5.24. The zero-order valence-corrected chi connectivity index (χ0v) is 13.2. The van der Waals surface area contributed by atoms with Crippen LogP contribution < -0.4 is 5.32 Å². The van der Waals surface area contributed by atoms with E-state index in [1.54, 1.807) is 0 Å². The Balaban J connectivity index is 1.94. The van der Waals surface area contributed by atoms with Crippen LogP contribution in [0.15, 0.2) is 0 Å². The van der Waals surface area contributed by atoms with Crippen molar-refractivity contribution in [3.63, 3.8) is 0 Å². The molecule has 2 fully saturated rings. The Morgan fingerprint density at radius 2 is 1.78 bits per heavy atom. The van der Waals surface area contributed by atoms with Crippen molar-refractivity contribution in [1.29, 1.82) is 0 Å². The molecule has 0 aliphatic heterocycles. The minimum atomic E-state index is 0.275. The lowest BCUT2D eigenvalue weighted by atomic mass is 9.59. The van der Waals surface area contributed by atoms with Crippen LogP contribution in [0.5, 0.6) is 0 Å². The molecule has 2 aliphatic carbocycles. The second-order valence-electron chi connectivity index (χ2n) is 8.65. The SMILES string of the molecule is CC1(C)CCC(CNC(C)(C)C)C(C2CCC2)C1. The second-order valence-corrected chi connectivity index (χ2v) is 8.65. The third-order valence-electron chi connectivity index (χ3n) is 5.24. The lowest BCUT2D eigenvalue weighted by Crippen LogP contribution is -2.45. The molecule has 0 amide bonds. The first-order valence-electron chi connectivity index (χ1n) is 8.02. The van der Waals surface area contributed by atoms with Crippen LogP contribution in [0, 0.1) is 23.2 Å². The third kappa shape index (κ3) is 3.73. The molecule has 0 spiro atoms. The molecule has 2 saturated carbocycles. The van der Waals surface area contributed by atoms with Crippen molar-refractivity contribution in [2.75, 3.05) is 6.54 Å². The summed E-state index contributed by atoms with van der Waals surface area (Å²) >= 11 is 0. The number of hydrogen-bond donors (Lipinski definition) is 1. The molecule has 0 aromatic heterocycles. The smallest absolute Gasteiger partial charge is 0.00966 e. The Morgan fingerprint density at radius 3 is 2.28 bits per heavy atom. The maximum Gasteiger partial charge on any atom is 0.00966 e. The van der Waals surface area contributed by atoms with E-state index in [1.807, 2.05) is 0 Å². The Labute approximate surface area is 114 Å². The first-order valence-corrected chi connectivity index (χ1v) is 8.02. The number of hydrogen-bond acceptors (Lipinski definition) is 1. The highest BCUT2D eigenvalue weighted by Crippen LogP contribution is 2.49. The predicted octanol–water partition coefficient (Wildman–Crippen LogP) is 4.62. The summed E-state index contributed by atoms with van der Waals surface area (Å²) < 4.78 is 0. The molecule has 0 radical (unpaired) electrons. The molecule has 1 nitrogen and oxygen atoms in total. The van der Waals surface area contributed by atoms with E-state index in [2.05, 4.69) is 39.9 Å². The molecular formula is C17H33N. The van der Waals surface area contributed by atoms with Crippen molar-refractivity contribution < 1.29 is 0 Å². The van der Waals surface area contributed by atoms with Crippen LogP contribution in [0.4, 0.5) is 0 Å². The van der Waals surface area contributed by atoms with E-state index in [1.165, 1.54) is 45.1 Å². The standard InChI is InChI=1S/C17H33N/c1-16(2,3)18-12-14-9-10-17(4,5)11-15(14)13-7-6-8-13/h13-15,18H,6-12H2,1-5H3. The fourth-order valence-electron chi connectivity index (χ4n) is 3.81. The van der Waals surface area contributed by atoms with Crippen molar-refractivity contribution in [3.8, 4) is 0 Å². The quantitative estimate of drug-likeness (QED) is 0.772. The van der Waals surface area contributed by atoms with Gasteiger partial charge in [-0.15, -0.1) is 0 Å². The normalized spacial score (nSPS) is 33.2. The van der Waals surface area contributed by atoms with Crippen molar-refractivity contribution >= 4 is 0 Å². The van der Waals surface area contributed by atoms with E-state index >= 15 is 0 Å². The molecule has 0 aromatic rings. The van der Waals surface area contributed by atoms with Gasteiger partial charge in [0.15, 0.2) is 0 Å². The van der Waals surface area contributed by atoms with E-state index in [-0.39, 0.29) is 5.54 Å². The van der Waals surface area contributed by atoms with Crippen molar-refractivity contribution in [2.45, 2.75) is 78.7 Å². The van der Waals surface area contributed by atoms with E-state index in [4.69, 9.17) is 0 Å². The van der Waals surface area contributed by atoms with Crippen molar-refractivity contribution in [2.24, 2.45) is 23.2 Å². The summed E-state index contributed by atoms with van der Waals surface area (Å²) in [6.45, 7) is 13.1. The topological polar surface area (TPSA) is 12.0 Å². The number of rotatable bonds is 3. The fraction of sp³-hybridized carbons (Fsp3) is 1.00. The van der Waals surface area contributed by atoms with Gasteiger partial charge in [0.2, 0.25) is 0 Å². The van der Waals surface area contributed by atoms with Gasteiger partial charge in [0.1, 0.15) is 0 Å². The van der Waals surface area contributed by atoms with Gasteiger partial charge >= 0.3 is 0 Å². The van der Waals surface area contributed by atoms with Crippen molar-refractivity contribution in [3.05, 3.63) is 0 Å². The van der Waals surface area contributed by atoms with Gasteiger partial charge in [-0.05, 0) is 69.7 Å². The molecule has 0 bridgehead atoms. The van der Waals surface area contributed by atoms with Crippen LogP contribution in [0.1, 0.15) is 73.1 Å². The van der Waals surface area contributed by atoms with E-state index in [9.17, 15) is 0 Å². The van der Waals surface area contributed by atoms with Crippen LogP contribution in [0.25, 0.3) is 0 Å². The molecule has 0 heterocycles. The molecule has 2 aliphatic rings. The Morgan fingerprint density at radius 1 is 1.11 bits per heavy atom. The molecule has 18 heavy (non-hydrogen) atoms. The lowest BCUT2D eigenvalue weighted by molar-refractivity contribution is 0.0383. The van der Waals surface area contributed by atoms with Gasteiger partial charge in [0.05, 0.1) is 0 Å². The highest BCUT2D eigenvalue weighted by atomic mass is 14.9. The zero-order valence-electron chi connectivity index (χ0n) is 13.2. The van der Waals surface area contributed by atoms with Gasteiger partial charge in [0, 0.05) is 5.54 Å². The van der Waals surface area contributed by atoms with Crippen LogP contribution in [0.3, 0.4) is 0 Å². The van der Waals surface area contributed by atoms with E-state index in [0.717, 1.165) is 17.8 Å². The maximum absolute atomic E-state index is 3.75. The second kappa shape index (κ2) is 5.15. The average Bonchev–Trinajstić information content (AvgIpc) is 2.11. The highest BCUT2D eigenvalue weighted by Gasteiger charge is 2.40. The number of nitrogens with one attached hydrogen (secondary N) is 1. The molecule has 106 valence electrons. The summed E-state index contributed by atoms with van der Waals surface area (Å²) in [7, 11) is 0. The maximum atomic E-state index is 3.75. The van der Waals surface area contributed by atoms with E-state index in [0.29, 0.717) is 5.41 Å². The van der Waals surface area contributed by atoms with Gasteiger partial charge in [0.25, 0.3) is 0 Å². The Hall–Kier alpha value is -0.0400. The summed E-state index contributed by atoms with van der Waals surface area (Å²) in [4.78, 5) is 0. The molecule has 1 N–H and O–H groups in total. The summed E-state index contributed by atoms with van der Waals surface area (Å²) in [5.74, 6) is 2.98. The van der Waals surface area contributed by atoms with Gasteiger partial charge in [-0.2, -0.15) is 0 Å². The molecule has 0 aromatic carbocycles. The lowest BCUT2D eigenvalue weighted by Gasteiger charge is -2.47. The predicted molar refractivity (Wildman–Crippen MR) is 79.7 cm³/mol. The Bertz CT molecular complexity index is 270. The van der Waals surface area contributed by atoms with Crippen molar-refractivity contribution in [1.82, 2.24) is 5.32 Å². The largest absolute Gasteiger partial charge is 0.312 e. The molecular weight excluding hydrogens is 218 g/mol. The minimum absolute atomic E-state index is 0.275. The minimum Gasteiger partial charge on any atom is -0.312 e. The van der Waals surface area contributed by atoms with Crippen LogP contribution >= 0.6 is 0 Å². The highest BCUT2D eigenvalue weighted by molar-refractivity contribution is 4.92. The summed E-state index contributed by atoms with van der Waals surface area (Å²) in [5, 5.41) is 3.75. The molecule has 0 saturated heterocycles. The van der Waals surface area contributed by atoms with Gasteiger partial charge < -0.3 is 5.32 Å². The van der Waals surface area contributed by atoms with Gasteiger partial charge in [-0.3, -0.25) is 0 Å². The summed E-state index contributed by atoms with van der Waals surface area (Å²) in [6.07, 6.45) is 8.83. The first kappa shape index (κ1) is 14.4. The molecule has 2 rings (SSSR count). The monoisotopic (exact) mass is 251 g/mol. The van der Waals surface area contributed by atoms with Crippen LogP contribution in [0.2, 0.25) is 0 Å². The van der Waals surface area contributed by atoms with Gasteiger partial charge in [-0.1, -0.05) is 33.1 Å². The molecule has 2 unspecified atom stereocenters. The Kier molecular flexibility index (Phi) is 4.11. The molecule has 2 atom stereocenters. The summed E-state index contributed by atoms with van der Waals surface area (Å²) in [5.41, 5.74) is 0.871. The zero-order chi connectivity index (χ0) is 13.4. The summed E-state index contributed by atoms with van der Waals surface area (Å²) in [6, 6.07) is 0. The molecule has 1 heteroatoms. The van der Waals surface area contributed by atoms with Crippen LogP contribution in [-0.4, -0.2) is 12.1 Å². The van der Waals surface area contributed by atoms with Crippen LogP contribution in [-0.2, 0) is 0 Å².